The van der Waals surface area contributed by atoms with E-state index in [0.29, 0.717) is 5.13 Å². The normalized spacial score (nSPS) is 10.2. The second-order valence-corrected chi connectivity index (χ2v) is 4.19. The summed E-state index contributed by atoms with van der Waals surface area (Å²) in [5, 5.41) is 3.66. The van der Waals surface area contributed by atoms with Crippen molar-refractivity contribution in [1.82, 2.24) is 4.98 Å². The monoisotopic (exact) mass is 311 g/mol. The Morgan fingerprint density at radius 2 is 2.12 bits per heavy atom. The number of rotatable bonds is 2. The molecule has 17 heavy (non-hydrogen) atoms. The summed E-state index contributed by atoms with van der Waals surface area (Å²) < 4.78 is 5.69. The van der Waals surface area contributed by atoms with E-state index in [1.165, 1.54) is 11.3 Å². The largest absolute Gasteiger partial charge is 0.454 e. The molecule has 0 spiro atoms. The van der Waals surface area contributed by atoms with Gasteiger partial charge in [0.05, 0.1) is 0 Å². The number of fused-ring (bicyclic) bond motifs is 1. The van der Waals surface area contributed by atoms with Crippen LogP contribution in [-0.4, -0.2) is 4.98 Å². The molecule has 0 aliphatic heterocycles. The van der Waals surface area contributed by atoms with Crippen LogP contribution in [0.2, 0.25) is 0 Å². The highest BCUT2D eigenvalue weighted by atomic mass is 79.9. The third-order valence-electron chi connectivity index (χ3n) is 2.31. The zero-order valence-corrected chi connectivity index (χ0v) is 11.2. The third-order valence-corrected chi connectivity index (χ3v) is 3.08. The van der Waals surface area contributed by atoms with Crippen LogP contribution in [0.1, 0.15) is 0 Å². The van der Waals surface area contributed by atoms with Crippen LogP contribution in [0.5, 0.6) is 0 Å². The molecule has 0 unspecified atom stereocenters. The predicted octanol–water partition coefficient (Wildman–Crippen LogP) is 3.42. The van der Waals surface area contributed by atoms with E-state index in [1.807, 2.05) is 35.7 Å². The van der Waals surface area contributed by atoms with Crippen LogP contribution in [0.4, 0.5) is 5.13 Å². The van der Waals surface area contributed by atoms with Crippen molar-refractivity contribution >= 4 is 44.4 Å². The maximum atomic E-state index is 5.69. The van der Waals surface area contributed by atoms with Crippen LogP contribution in [-0.2, 0) is 0 Å². The van der Waals surface area contributed by atoms with Gasteiger partial charge in [0, 0.05) is 10.8 Å². The first kappa shape index (κ1) is 12.1. The fourth-order valence-corrected chi connectivity index (χ4v) is 2.17. The van der Waals surface area contributed by atoms with Gasteiger partial charge in [-0.05, 0) is 12.1 Å². The van der Waals surface area contributed by atoms with Crippen LogP contribution < -0.4 is 11.3 Å². The summed E-state index contributed by atoms with van der Waals surface area (Å²) in [4.78, 5) is 4.28. The smallest absolute Gasteiger partial charge is 0.197 e. The lowest BCUT2D eigenvalue weighted by Gasteiger charge is -1.89. The van der Waals surface area contributed by atoms with E-state index in [2.05, 4.69) is 10.4 Å². The van der Waals surface area contributed by atoms with Crippen molar-refractivity contribution in [1.29, 1.82) is 0 Å². The summed E-state index contributed by atoms with van der Waals surface area (Å²) in [6, 6.07) is 9.86. The predicted molar refractivity (Wildman–Crippen MR) is 75.5 cm³/mol. The molecule has 0 fully saturated rings. The molecule has 4 nitrogen and oxygen atoms in total. The Balaban J connectivity index is 0.00000108. The number of nitrogens with two attached hydrogens (primary N) is 1. The standard InChI is InChI=1S/C11H9N3OS.BrH/c12-14-11-13-8(6-16-11)10-5-7-3-1-2-4-9(7)15-10;/h1-6H,12H2,(H,13,14);1H. The minimum absolute atomic E-state index is 0. The highest BCUT2D eigenvalue weighted by Crippen LogP contribution is 2.29. The van der Waals surface area contributed by atoms with Gasteiger partial charge in [-0.1, -0.05) is 18.2 Å². The summed E-state index contributed by atoms with van der Waals surface area (Å²) in [7, 11) is 0. The summed E-state index contributed by atoms with van der Waals surface area (Å²) in [6.07, 6.45) is 0. The van der Waals surface area contributed by atoms with Crippen molar-refractivity contribution in [2.24, 2.45) is 5.84 Å². The molecule has 0 aliphatic rings. The van der Waals surface area contributed by atoms with Gasteiger partial charge in [0.25, 0.3) is 0 Å². The third kappa shape index (κ3) is 2.19. The minimum Gasteiger partial charge on any atom is -0.454 e. The Kier molecular flexibility index (Phi) is 3.46. The maximum absolute atomic E-state index is 5.69. The van der Waals surface area contributed by atoms with E-state index in [0.717, 1.165) is 22.4 Å². The molecule has 2 heterocycles. The van der Waals surface area contributed by atoms with Crippen molar-refractivity contribution < 1.29 is 4.42 Å². The van der Waals surface area contributed by atoms with Gasteiger partial charge in [0.15, 0.2) is 10.9 Å². The molecular formula is C11H10BrN3OS. The van der Waals surface area contributed by atoms with Gasteiger partial charge in [-0.3, -0.25) is 5.43 Å². The van der Waals surface area contributed by atoms with E-state index in [1.54, 1.807) is 0 Å². The molecule has 0 radical (unpaired) electrons. The zero-order chi connectivity index (χ0) is 11.0. The van der Waals surface area contributed by atoms with E-state index < -0.39 is 0 Å². The van der Waals surface area contributed by atoms with Crippen LogP contribution >= 0.6 is 28.3 Å². The number of aromatic nitrogens is 1. The first-order valence-corrected chi connectivity index (χ1v) is 5.66. The number of furan rings is 1. The number of para-hydroxylation sites is 1. The Labute approximate surface area is 112 Å². The van der Waals surface area contributed by atoms with E-state index >= 15 is 0 Å². The van der Waals surface area contributed by atoms with Crippen LogP contribution in [0.15, 0.2) is 40.1 Å². The molecule has 0 bridgehead atoms. The molecule has 2 aromatic heterocycles. The molecule has 3 aromatic rings. The molecule has 88 valence electrons. The van der Waals surface area contributed by atoms with E-state index in [9.17, 15) is 0 Å². The second kappa shape index (κ2) is 4.87. The number of benzene rings is 1. The van der Waals surface area contributed by atoms with Gasteiger partial charge in [-0.15, -0.1) is 28.3 Å². The summed E-state index contributed by atoms with van der Waals surface area (Å²) in [6.45, 7) is 0. The fraction of sp³-hybridized carbons (Fsp3) is 0. The lowest BCUT2D eigenvalue weighted by atomic mass is 10.2. The van der Waals surface area contributed by atoms with Gasteiger partial charge in [-0.2, -0.15) is 0 Å². The highest BCUT2D eigenvalue weighted by Gasteiger charge is 2.09. The Morgan fingerprint density at radius 1 is 1.29 bits per heavy atom. The molecule has 3 rings (SSSR count). The maximum Gasteiger partial charge on any atom is 0.197 e. The van der Waals surface area contributed by atoms with Crippen LogP contribution in [0, 0.1) is 0 Å². The Bertz CT molecular complexity index is 601. The quantitative estimate of drug-likeness (QED) is 0.562. The van der Waals surface area contributed by atoms with Gasteiger partial charge in [0.2, 0.25) is 0 Å². The Hall–Kier alpha value is -1.37. The Morgan fingerprint density at radius 3 is 2.82 bits per heavy atom. The lowest BCUT2D eigenvalue weighted by molar-refractivity contribution is 0.629. The van der Waals surface area contributed by atoms with E-state index in [4.69, 9.17) is 10.3 Å². The number of thiazole rings is 1. The SMILES string of the molecule is Br.NNc1nc(-c2cc3ccccc3o2)cs1. The average molecular weight is 312 g/mol. The number of hydrogen-bond donors (Lipinski definition) is 2. The first-order chi connectivity index (χ1) is 7.86. The lowest BCUT2D eigenvalue weighted by Crippen LogP contribution is -2.05. The molecular weight excluding hydrogens is 302 g/mol. The van der Waals surface area contributed by atoms with Crippen molar-refractivity contribution in [3.63, 3.8) is 0 Å². The van der Waals surface area contributed by atoms with Crippen molar-refractivity contribution in [3.05, 3.63) is 35.7 Å². The topological polar surface area (TPSA) is 64.1 Å². The van der Waals surface area contributed by atoms with Gasteiger partial charge in [-0.25, -0.2) is 10.8 Å². The molecule has 0 saturated carbocycles. The van der Waals surface area contributed by atoms with E-state index in [-0.39, 0.29) is 17.0 Å². The number of nitrogens with zero attached hydrogens (tertiary/aromatic N) is 1. The number of hydrazine groups is 1. The van der Waals surface area contributed by atoms with Gasteiger partial charge < -0.3 is 4.42 Å². The average Bonchev–Trinajstić information content (AvgIpc) is 2.95. The second-order valence-electron chi connectivity index (χ2n) is 3.33. The molecule has 6 heteroatoms. The van der Waals surface area contributed by atoms with Crippen molar-refractivity contribution in [2.45, 2.75) is 0 Å². The molecule has 3 N–H and O–H groups in total. The highest BCUT2D eigenvalue weighted by molar-refractivity contribution is 8.93. The summed E-state index contributed by atoms with van der Waals surface area (Å²) in [5.41, 5.74) is 4.19. The summed E-state index contributed by atoms with van der Waals surface area (Å²) in [5.74, 6) is 6.05. The fourth-order valence-electron chi connectivity index (χ4n) is 1.56. The number of nitrogens with one attached hydrogen (secondary N) is 1. The number of nitrogen functional groups attached to an aromatic ring is 1. The van der Waals surface area contributed by atoms with Gasteiger partial charge >= 0.3 is 0 Å². The molecule has 0 saturated heterocycles. The minimum atomic E-state index is 0. The zero-order valence-electron chi connectivity index (χ0n) is 8.71. The molecule has 0 aliphatic carbocycles. The van der Waals surface area contributed by atoms with Gasteiger partial charge in [0.1, 0.15) is 11.3 Å². The first-order valence-electron chi connectivity index (χ1n) is 4.78. The van der Waals surface area contributed by atoms with Crippen molar-refractivity contribution in [3.8, 4) is 11.5 Å². The number of hydrogen-bond acceptors (Lipinski definition) is 5. The number of anilines is 1. The molecule has 0 atom stereocenters. The summed E-state index contributed by atoms with van der Waals surface area (Å²) >= 11 is 1.45. The molecule has 0 amide bonds. The van der Waals surface area contributed by atoms with Crippen LogP contribution in [0.3, 0.4) is 0 Å². The van der Waals surface area contributed by atoms with Crippen molar-refractivity contribution in [2.75, 3.05) is 5.43 Å². The number of halogens is 1. The van der Waals surface area contributed by atoms with Crippen LogP contribution in [0.25, 0.3) is 22.4 Å². The molecule has 1 aromatic carbocycles.